The molecule has 3 N–H and O–H groups in total. The first kappa shape index (κ1) is 13.8. The number of nitrogen functional groups attached to an aromatic ring is 1. The highest BCUT2D eigenvalue weighted by molar-refractivity contribution is 7.92. The predicted molar refractivity (Wildman–Crippen MR) is 69.6 cm³/mol. The zero-order valence-electron chi connectivity index (χ0n) is 10.3. The highest BCUT2D eigenvalue weighted by Crippen LogP contribution is 2.24. The highest BCUT2D eigenvalue weighted by Gasteiger charge is 2.13. The van der Waals surface area contributed by atoms with Gasteiger partial charge in [0.15, 0.2) is 0 Å². The molecule has 0 radical (unpaired) electrons. The molecule has 0 aliphatic carbocycles. The van der Waals surface area contributed by atoms with Crippen LogP contribution in [-0.4, -0.2) is 27.9 Å². The van der Waals surface area contributed by atoms with Crippen molar-refractivity contribution in [1.29, 1.82) is 0 Å². The second-order valence-corrected chi connectivity index (χ2v) is 5.79. The molecule has 17 heavy (non-hydrogen) atoms. The van der Waals surface area contributed by atoms with E-state index in [2.05, 4.69) is 4.72 Å². The fourth-order valence-corrected chi connectivity index (χ4v) is 2.68. The van der Waals surface area contributed by atoms with Gasteiger partial charge in [0.25, 0.3) is 0 Å². The number of benzene rings is 1. The molecule has 1 aromatic rings. The molecule has 0 aromatic heterocycles. The van der Waals surface area contributed by atoms with Crippen molar-refractivity contribution in [3.8, 4) is 0 Å². The second-order valence-electron chi connectivity index (χ2n) is 3.94. The molecular formula is C11H18N2O3S. The van der Waals surface area contributed by atoms with Crippen LogP contribution >= 0.6 is 0 Å². The van der Waals surface area contributed by atoms with Crippen LogP contribution in [0.15, 0.2) is 12.1 Å². The van der Waals surface area contributed by atoms with E-state index in [0.29, 0.717) is 11.4 Å². The third kappa shape index (κ3) is 3.90. The highest BCUT2D eigenvalue weighted by atomic mass is 32.2. The van der Waals surface area contributed by atoms with Gasteiger partial charge in [-0.05, 0) is 37.1 Å². The van der Waals surface area contributed by atoms with Crippen LogP contribution in [-0.2, 0) is 14.8 Å². The first-order valence-corrected chi connectivity index (χ1v) is 6.87. The summed E-state index contributed by atoms with van der Waals surface area (Å²) in [5.74, 6) is -0.0627. The topological polar surface area (TPSA) is 81.4 Å². The van der Waals surface area contributed by atoms with Gasteiger partial charge in [0.05, 0.1) is 18.0 Å². The summed E-state index contributed by atoms with van der Waals surface area (Å²) in [5.41, 5.74) is 8.51. The molecule has 6 heteroatoms. The molecule has 0 unspecified atom stereocenters. The summed E-state index contributed by atoms with van der Waals surface area (Å²) in [7, 11) is -1.90. The quantitative estimate of drug-likeness (QED) is 0.779. The Bertz CT molecular complexity index is 474. The number of rotatable bonds is 5. The standard InChI is InChI=1S/C11H18N2O3S/c1-8-6-10(12)7-9(2)11(8)13-17(14,15)5-4-16-3/h6-7,13H,4-5,12H2,1-3H3. The molecule has 0 fully saturated rings. The number of methoxy groups -OCH3 is 1. The molecule has 0 heterocycles. The van der Waals surface area contributed by atoms with Crippen molar-refractivity contribution < 1.29 is 13.2 Å². The maximum atomic E-state index is 11.7. The number of nitrogens with two attached hydrogens (primary N) is 1. The third-order valence-electron chi connectivity index (χ3n) is 2.37. The van der Waals surface area contributed by atoms with Crippen molar-refractivity contribution in [2.24, 2.45) is 0 Å². The van der Waals surface area contributed by atoms with Gasteiger partial charge in [-0.2, -0.15) is 0 Å². The van der Waals surface area contributed by atoms with Gasteiger partial charge in [-0.1, -0.05) is 0 Å². The summed E-state index contributed by atoms with van der Waals surface area (Å²) < 4.78 is 30.8. The monoisotopic (exact) mass is 258 g/mol. The molecule has 0 saturated carbocycles. The van der Waals surface area contributed by atoms with Crippen LogP contribution < -0.4 is 10.5 Å². The molecule has 0 aliphatic heterocycles. The third-order valence-corrected chi connectivity index (χ3v) is 3.59. The van der Waals surface area contributed by atoms with Gasteiger partial charge in [-0.3, -0.25) is 4.72 Å². The Morgan fingerprint density at radius 1 is 1.29 bits per heavy atom. The molecule has 0 amide bonds. The molecule has 0 bridgehead atoms. The molecule has 1 aromatic carbocycles. The van der Waals surface area contributed by atoms with E-state index in [1.165, 1.54) is 7.11 Å². The predicted octanol–water partition coefficient (Wildman–Crippen LogP) is 1.27. The summed E-state index contributed by atoms with van der Waals surface area (Å²) in [6.45, 7) is 3.80. The number of ether oxygens (including phenoxy) is 1. The minimum atomic E-state index is -3.37. The summed E-state index contributed by atoms with van der Waals surface area (Å²) in [5, 5.41) is 0. The Morgan fingerprint density at radius 2 is 1.82 bits per heavy atom. The molecule has 96 valence electrons. The van der Waals surface area contributed by atoms with Gasteiger partial charge in [0, 0.05) is 12.8 Å². The lowest BCUT2D eigenvalue weighted by Gasteiger charge is -2.13. The molecule has 0 atom stereocenters. The van der Waals surface area contributed by atoms with Crippen molar-refractivity contribution in [2.45, 2.75) is 13.8 Å². The van der Waals surface area contributed by atoms with Crippen LogP contribution in [0.2, 0.25) is 0 Å². The summed E-state index contributed by atoms with van der Waals surface area (Å²) >= 11 is 0. The molecule has 0 aliphatic rings. The summed E-state index contributed by atoms with van der Waals surface area (Å²) in [6.07, 6.45) is 0. The number of nitrogens with one attached hydrogen (secondary N) is 1. The van der Waals surface area contributed by atoms with Crippen LogP contribution in [0, 0.1) is 13.8 Å². The Kier molecular flexibility index (Phi) is 4.36. The lowest BCUT2D eigenvalue weighted by atomic mass is 10.1. The van der Waals surface area contributed by atoms with Crippen molar-refractivity contribution >= 4 is 21.4 Å². The first-order valence-electron chi connectivity index (χ1n) is 5.22. The van der Waals surface area contributed by atoms with Crippen molar-refractivity contribution in [2.75, 3.05) is 29.9 Å². The smallest absolute Gasteiger partial charge is 0.235 e. The van der Waals surface area contributed by atoms with Gasteiger partial charge >= 0.3 is 0 Å². The average Bonchev–Trinajstić information content (AvgIpc) is 2.21. The lowest BCUT2D eigenvalue weighted by Crippen LogP contribution is -2.20. The second kappa shape index (κ2) is 5.37. The fraction of sp³-hybridized carbons (Fsp3) is 0.455. The van der Waals surface area contributed by atoms with Crippen LogP contribution in [0.3, 0.4) is 0 Å². The Hall–Kier alpha value is -1.27. The zero-order valence-corrected chi connectivity index (χ0v) is 11.1. The van der Waals surface area contributed by atoms with Gasteiger partial charge in [0.1, 0.15) is 0 Å². The number of anilines is 2. The summed E-state index contributed by atoms with van der Waals surface area (Å²) in [4.78, 5) is 0. The van der Waals surface area contributed by atoms with E-state index >= 15 is 0 Å². The number of aryl methyl sites for hydroxylation is 2. The van der Waals surface area contributed by atoms with E-state index in [9.17, 15) is 8.42 Å². The Labute approximate surface area is 102 Å². The van der Waals surface area contributed by atoms with Gasteiger partial charge in [0.2, 0.25) is 10.0 Å². The number of hydrogen-bond acceptors (Lipinski definition) is 4. The number of hydrogen-bond donors (Lipinski definition) is 2. The van der Waals surface area contributed by atoms with E-state index in [1.54, 1.807) is 12.1 Å². The van der Waals surface area contributed by atoms with Crippen molar-refractivity contribution in [3.05, 3.63) is 23.3 Å². The van der Waals surface area contributed by atoms with Crippen LogP contribution in [0.5, 0.6) is 0 Å². The Balaban J connectivity index is 2.96. The van der Waals surface area contributed by atoms with E-state index in [4.69, 9.17) is 10.5 Å². The van der Waals surface area contributed by atoms with Crippen LogP contribution in [0.25, 0.3) is 0 Å². The maximum Gasteiger partial charge on any atom is 0.235 e. The molecule has 0 spiro atoms. The zero-order chi connectivity index (χ0) is 13.1. The lowest BCUT2D eigenvalue weighted by molar-refractivity contribution is 0.217. The van der Waals surface area contributed by atoms with Gasteiger partial charge in [-0.15, -0.1) is 0 Å². The first-order chi connectivity index (χ1) is 7.85. The minimum absolute atomic E-state index is 0.0627. The fourth-order valence-electron chi connectivity index (χ4n) is 1.56. The van der Waals surface area contributed by atoms with Crippen LogP contribution in [0.1, 0.15) is 11.1 Å². The Morgan fingerprint density at radius 3 is 2.29 bits per heavy atom. The summed E-state index contributed by atoms with van der Waals surface area (Å²) in [6, 6.07) is 3.47. The van der Waals surface area contributed by atoms with E-state index in [0.717, 1.165) is 11.1 Å². The maximum absolute atomic E-state index is 11.7. The van der Waals surface area contributed by atoms with Crippen molar-refractivity contribution in [3.63, 3.8) is 0 Å². The minimum Gasteiger partial charge on any atom is -0.399 e. The van der Waals surface area contributed by atoms with Gasteiger partial charge < -0.3 is 10.5 Å². The average molecular weight is 258 g/mol. The molecular weight excluding hydrogens is 240 g/mol. The van der Waals surface area contributed by atoms with E-state index in [-0.39, 0.29) is 12.4 Å². The van der Waals surface area contributed by atoms with E-state index < -0.39 is 10.0 Å². The van der Waals surface area contributed by atoms with E-state index in [1.807, 2.05) is 13.8 Å². The molecule has 0 saturated heterocycles. The van der Waals surface area contributed by atoms with Crippen molar-refractivity contribution in [1.82, 2.24) is 0 Å². The van der Waals surface area contributed by atoms with Crippen LogP contribution in [0.4, 0.5) is 11.4 Å². The molecule has 5 nitrogen and oxygen atoms in total. The molecule has 1 rings (SSSR count). The van der Waals surface area contributed by atoms with Gasteiger partial charge in [-0.25, -0.2) is 8.42 Å². The largest absolute Gasteiger partial charge is 0.399 e. The normalized spacial score (nSPS) is 11.5. The number of sulfonamides is 1. The SMILES string of the molecule is COCCS(=O)(=O)Nc1c(C)cc(N)cc1C.